The fourth-order valence-electron chi connectivity index (χ4n) is 4.25. The van der Waals surface area contributed by atoms with E-state index in [9.17, 15) is 14.4 Å². The number of esters is 1. The molecule has 2 aromatic heterocycles. The van der Waals surface area contributed by atoms with E-state index in [0.717, 1.165) is 12.0 Å². The van der Waals surface area contributed by atoms with Gasteiger partial charge in [0.05, 0.1) is 17.7 Å². The first kappa shape index (κ1) is 22.2. The van der Waals surface area contributed by atoms with Gasteiger partial charge < -0.3 is 10.1 Å². The van der Waals surface area contributed by atoms with Crippen molar-refractivity contribution in [3.63, 3.8) is 0 Å². The fraction of sp³-hybridized carbons (Fsp3) is 0.417. The van der Waals surface area contributed by atoms with E-state index in [0.29, 0.717) is 28.4 Å². The minimum Gasteiger partial charge on any atom is -0.461 e. The molecule has 0 bridgehead atoms. The molecule has 2 heterocycles. The molecule has 0 unspecified atom stereocenters. The van der Waals surface area contributed by atoms with Crippen LogP contribution in [0.25, 0.3) is 16.5 Å². The molecular formula is C24H27N3O4S. The summed E-state index contributed by atoms with van der Waals surface area (Å²) in [6.07, 6.45) is 6.13. The van der Waals surface area contributed by atoms with Crippen LogP contribution in [0.5, 0.6) is 0 Å². The lowest BCUT2D eigenvalue weighted by Crippen LogP contribution is -2.25. The van der Waals surface area contributed by atoms with Gasteiger partial charge >= 0.3 is 5.97 Å². The highest BCUT2D eigenvalue weighted by Crippen LogP contribution is 2.32. The number of thiophene rings is 1. The molecule has 32 heavy (non-hydrogen) atoms. The predicted molar refractivity (Wildman–Crippen MR) is 126 cm³/mol. The molecule has 1 aliphatic carbocycles. The number of anilines is 1. The van der Waals surface area contributed by atoms with Crippen molar-refractivity contribution in [2.24, 2.45) is 5.92 Å². The second-order valence-corrected chi connectivity index (χ2v) is 9.10. The second kappa shape index (κ2) is 9.65. The number of carbonyl (C=O) groups is 2. The average Bonchev–Trinajstić information content (AvgIpc) is 3.43. The third-order valence-corrected chi connectivity index (χ3v) is 6.77. The number of ether oxygens (including phenoxy) is 1. The number of hydrogen-bond acceptors (Lipinski definition) is 6. The first-order valence-corrected chi connectivity index (χ1v) is 11.9. The number of rotatable bonds is 7. The van der Waals surface area contributed by atoms with Crippen molar-refractivity contribution in [1.82, 2.24) is 9.78 Å². The normalized spacial score (nSPS) is 14.1. The third-order valence-electron chi connectivity index (χ3n) is 5.87. The second-order valence-electron chi connectivity index (χ2n) is 8.22. The zero-order valence-electron chi connectivity index (χ0n) is 18.3. The van der Waals surface area contributed by atoms with Gasteiger partial charge in [-0.05, 0) is 43.9 Å². The molecule has 0 atom stereocenters. The van der Waals surface area contributed by atoms with Crippen molar-refractivity contribution in [2.45, 2.75) is 52.4 Å². The van der Waals surface area contributed by atoms with E-state index < -0.39 is 5.97 Å². The molecule has 0 aliphatic heterocycles. The van der Waals surface area contributed by atoms with E-state index in [-0.39, 0.29) is 29.2 Å². The molecule has 0 radical (unpaired) electrons. The molecule has 4 rings (SSSR count). The Labute approximate surface area is 190 Å². The van der Waals surface area contributed by atoms with E-state index in [1.807, 2.05) is 25.1 Å². The van der Waals surface area contributed by atoms with Crippen molar-refractivity contribution in [3.05, 3.63) is 51.3 Å². The van der Waals surface area contributed by atoms with Crippen LogP contribution in [0.3, 0.4) is 0 Å². The van der Waals surface area contributed by atoms with E-state index in [4.69, 9.17) is 4.74 Å². The standard InChI is InChI=1S/C24H27N3O4S/c1-3-31-24(30)21-18-14-32-22(25-19(28)12-11-16-8-4-5-9-16)20(18)23(29)27(26-21)17-10-6-7-15(2)13-17/h6-7,10,13-14,16H,3-5,8-9,11-12H2,1-2H3,(H,25,28). The lowest BCUT2D eigenvalue weighted by molar-refractivity contribution is -0.116. The first-order chi connectivity index (χ1) is 15.5. The molecule has 1 saturated carbocycles. The summed E-state index contributed by atoms with van der Waals surface area (Å²) in [7, 11) is 0. The Morgan fingerprint density at radius 2 is 2.06 bits per heavy atom. The van der Waals surface area contributed by atoms with Crippen molar-refractivity contribution in [1.29, 1.82) is 0 Å². The molecular weight excluding hydrogens is 426 g/mol. The number of hydrogen-bond donors (Lipinski definition) is 1. The van der Waals surface area contributed by atoms with Gasteiger partial charge in [-0.2, -0.15) is 9.78 Å². The quantitative estimate of drug-likeness (QED) is 0.517. The van der Waals surface area contributed by atoms with Crippen LogP contribution in [0.4, 0.5) is 5.00 Å². The monoisotopic (exact) mass is 453 g/mol. The van der Waals surface area contributed by atoms with E-state index in [2.05, 4.69) is 10.4 Å². The van der Waals surface area contributed by atoms with Crippen molar-refractivity contribution >= 4 is 39.0 Å². The maximum Gasteiger partial charge on any atom is 0.359 e. The van der Waals surface area contributed by atoms with E-state index in [1.165, 1.54) is 41.7 Å². The van der Waals surface area contributed by atoms with Crippen LogP contribution < -0.4 is 10.9 Å². The van der Waals surface area contributed by atoms with E-state index in [1.54, 1.807) is 18.4 Å². The number of aromatic nitrogens is 2. The van der Waals surface area contributed by atoms with Crippen molar-refractivity contribution in [3.8, 4) is 5.69 Å². The van der Waals surface area contributed by atoms with Gasteiger partial charge in [0, 0.05) is 17.2 Å². The number of fused-ring (bicyclic) bond motifs is 1. The number of carbonyl (C=O) groups excluding carboxylic acids is 2. The van der Waals surface area contributed by atoms with E-state index >= 15 is 0 Å². The molecule has 1 aliphatic rings. The third kappa shape index (κ3) is 4.60. The van der Waals surface area contributed by atoms with Gasteiger partial charge in [-0.1, -0.05) is 37.8 Å². The maximum atomic E-state index is 13.4. The molecule has 8 heteroatoms. The van der Waals surface area contributed by atoms with Crippen LogP contribution in [0.2, 0.25) is 0 Å². The lowest BCUT2D eigenvalue weighted by atomic mass is 10.0. The first-order valence-electron chi connectivity index (χ1n) is 11.1. The van der Waals surface area contributed by atoms with Gasteiger partial charge in [0.25, 0.3) is 5.56 Å². The number of aryl methyl sites for hydroxylation is 1. The van der Waals surface area contributed by atoms with Crippen LogP contribution in [0.1, 0.15) is 61.5 Å². The Hall–Kier alpha value is -3.00. The molecule has 0 saturated heterocycles. The molecule has 0 spiro atoms. The Balaban J connectivity index is 1.73. The highest BCUT2D eigenvalue weighted by atomic mass is 32.1. The zero-order chi connectivity index (χ0) is 22.7. The molecule has 1 fully saturated rings. The Kier molecular flexibility index (Phi) is 6.69. The molecule has 1 amide bonds. The van der Waals surface area contributed by atoms with Crippen molar-refractivity contribution < 1.29 is 14.3 Å². The predicted octanol–water partition coefficient (Wildman–Crippen LogP) is 4.84. The van der Waals surface area contributed by atoms with Gasteiger partial charge in [0.1, 0.15) is 5.00 Å². The van der Waals surface area contributed by atoms with Gasteiger partial charge in [-0.25, -0.2) is 4.79 Å². The SMILES string of the molecule is CCOC(=O)c1nn(-c2cccc(C)c2)c(=O)c2c(NC(=O)CCC3CCCC3)scc12. The van der Waals surface area contributed by atoms with Crippen molar-refractivity contribution in [2.75, 3.05) is 11.9 Å². The lowest BCUT2D eigenvalue weighted by Gasteiger charge is -2.11. The van der Waals surface area contributed by atoms with Gasteiger partial charge in [0.15, 0.2) is 5.69 Å². The zero-order valence-corrected chi connectivity index (χ0v) is 19.2. The molecule has 1 aromatic carbocycles. The molecule has 3 aromatic rings. The van der Waals surface area contributed by atoms with Gasteiger partial charge in [-0.15, -0.1) is 11.3 Å². The van der Waals surface area contributed by atoms with Crippen LogP contribution >= 0.6 is 11.3 Å². The summed E-state index contributed by atoms with van der Waals surface area (Å²) < 4.78 is 6.39. The topological polar surface area (TPSA) is 90.3 Å². The Morgan fingerprint density at radius 3 is 2.78 bits per heavy atom. The van der Waals surface area contributed by atoms with Gasteiger partial charge in [0.2, 0.25) is 5.91 Å². The summed E-state index contributed by atoms with van der Waals surface area (Å²) in [6, 6.07) is 7.32. The molecule has 168 valence electrons. The summed E-state index contributed by atoms with van der Waals surface area (Å²) in [6.45, 7) is 3.83. The minimum atomic E-state index is -0.601. The molecule has 7 nitrogen and oxygen atoms in total. The average molecular weight is 454 g/mol. The van der Waals surface area contributed by atoms with Crippen LogP contribution in [-0.2, 0) is 9.53 Å². The summed E-state index contributed by atoms with van der Waals surface area (Å²) in [5, 5.41) is 10.0. The fourth-order valence-corrected chi connectivity index (χ4v) is 5.20. The summed E-state index contributed by atoms with van der Waals surface area (Å²) >= 11 is 1.23. The van der Waals surface area contributed by atoms with Crippen LogP contribution in [0, 0.1) is 12.8 Å². The smallest absolute Gasteiger partial charge is 0.359 e. The van der Waals surface area contributed by atoms with Crippen LogP contribution in [0.15, 0.2) is 34.4 Å². The van der Waals surface area contributed by atoms with Crippen LogP contribution in [-0.4, -0.2) is 28.3 Å². The highest BCUT2D eigenvalue weighted by Gasteiger charge is 2.23. The number of nitrogens with zero attached hydrogens (tertiary/aromatic N) is 2. The summed E-state index contributed by atoms with van der Waals surface area (Å²) in [5.74, 6) is -0.105. The minimum absolute atomic E-state index is 0.0608. The molecule has 1 N–H and O–H groups in total. The number of nitrogens with one attached hydrogen (secondary N) is 1. The van der Waals surface area contributed by atoms with Gasteiger partial charge in [-0.3, -0.25) is 9.59 Å². The number of amides is 1. The Morgan fingerprint density at radius 1 is 1.28 bits per heavy atom. The summed E-state index contributed by atoms with van der Waals surface area (Å²) in [4.78, 5) is 38.6. The summed E-state index contributed by atoms with van der Waals surface area (Å²) in [5.41, 5.74) is 1.18. The number of benzene rings is 1. The maximum absolute atomic E-state index is 13.4. The largest absolute Gasteiger partial charge is 0.461 e. The highest BCUT2D eigenvalue weighted by molar-refractivity contribution is 7.16. The Bertz CT molecular complexity index is 1210.